The summed E-state index contributed by atoms with van der Waals surface area (Å²) in [5.41, 5.74) is 2.05. The Morgan fingerprint density at radius 1 is 1.40 bits per heavy atom. The maximum atomic E-state index is 9.01. The molecule has 2 fully saturated rings. The lowest BCUT2D eigenvalue weighted by molar-refractivity contribution is -0.125. The van der Waals surface area contributed by atoms with Crippen LogP contribution in [0.3, 0.4) is 0 Å². The number of nitrogens with one attached hydrogen (secondary N) is 2. The van der Waals surface area contributed by atoms with Gasteiger partial charge in [0.15, 0.2) is 5.96 Å². The number of benzene rings is 1. The molecular weight excluding hydrogens is 312 g/mol. The number of nitrogens with zero attached hydrogens (tertiary/aromatic N) is 2. The number of hydrogen-bond donors (Lipinski definition) is 2. The molecule has 134 valence electrons. The minimum Gasteiger partial charge on any atom is -0.378 e. The zero-order valence-corrected chi connectivity index (χ0v) is 15.2. The van der Waals surface area contributed by atoms with Gasteiger partial charge in [-0.25, -0.2) is 0 Å². The van der Waals surface area contributed by atoms with Crippen molar-refractivity contribution in [2.24, 2.45) is 10.4 Å². The van der Waals surface area contributed by atoms with E-state index in [9.17, 15) is 0 Å². The molecule has 5 heteroatoms. The van der Waals surface area contributed by atoms with Crippen LogP contribution in [0.1, 0.15) is 50.2 Å². The fraction of sp³-hybridized carbons (Fsp3) is 0.600. The molecule has 2 unspecified atom stereocenters. The van der Waals surface area contributed by atoms with Crippen molar-refractivity contribution in [1.82, 2.24) is 10.6 Å². The first-order valence-corrected chi connectivity index (χ1v) is 9.29. The van der Waals surface area contributed by atoms with Crippen molar-refractivity contribution < 1.29 is 4.74 Å². The first-order chi connectivity index (χ1) is 12.2. The first kappa shape index (κ1) is 17.8. The van der Waals surface area contributed by atoms with Gasteiger partial charge in [0.1, 0.15) is 0 Å². The van der Waals surface area contributed by atoms with Crippen LogP contribution in [0.15, 0.2) is 29.3 Å². The van der Waals surface area contributed by atoms with Gasteiger partial charge in [-0.1, -0.05) is 25.0 Å². The smallest absolute Gasteiger partial charge is 0.191 e. The van der Waals surface area contributed by atoms with E-state index in [4.69, 9.17) is 10.00 Å². The van der Waals surface area contributed by atoms with Crippen LogP contribution in [0.25, 0.3) is 0 Å². The molecule has 1 aromatic rings. The second-order valence-electron chi connectivity index (χ2n) is 7.05. The molecule has 5 nitrogen and oxygen atoms in total. The summed E-state index contributed by atoms with van der Waals surface area (Å²) in [5.74, 6) is 0.827. The molecule has 3 rings (SSSR count). The monoisotopic (exact) mass is 340 g/mol. The van der Waals surface area contributed by atoms with Crippen molar-refractivity contribution >= 4 is 5.96 Å². The molecule has 2 saturated carbocycles. The third-order valence-corrected chi connectivity index (χ3v) is 5.74. The Morgan fingerprint density at radius 2 is 2.20 bits per heavy atom. The summed E-state index contributed by atoms with van der Waals surface area (Å²) < 4.78 is 5.98. The molecule has 1 spiro atoms. The molecule has 0 aromatic heterocycles. The normalized spacial score (nSPS) is 24.6. The molecule has 0 aliphatic heterocycles. The molecular formula is C20H28N4O. The van der Waals surface area contributed by atoms with E-state index in [2.05, 4.69) is 28.6 Å². The second-order valence-corrected chi connectivity index (χ2v) is 7.05. The average Bonchev–Trinajstić information content (AvgIpc) is 3.16. The van der Waals surface area contributed by atoms with Crippen LogP contribution >= 0.6 is 0 Å². The van der Waals surface area contributed by atoms with Gasteiger partial charge in [0.2, 0.25) is 0 Å². The highest BCUT2D eigenvalue weighted by atomic mass is 16.5. The topological polar surface area (TPSA) is 69.4 Å². The van der Waals surface area contributed by atoms with Crippen molar-refractivity contribution in [2.45, 2.75) is 57.7 Å². The molecule has 2 aliphatic carbocycles. The number of guanidine groups is 1. The average molecular weight is 340 g/mol. The Balaban J connectivity index is 1.58. The summed E-state index contributed by atoms with van der Waals surface area (Å²) in [7, 11) is 1.81. The van der Waals surface area contributed by atoms with Crippen molar-refractivity contribution in [1.29, 1.82) is 5.26 Å². The summed E-state index contributed by atoms with van der Waals surface area (Å²) in [6, 6.07) is 10.3. The van der Waals surface area contributed by atoms with Crippen molar-refractivity contribution in [2.75, 3.05) is 13.7 Å². The van der Waals surface area contributed by atoms with Crippen LogP contribution in [-0.4, -0.2) is 31.8 Å². The summed E-state index contributed by atoms with van der Waals surface area (Å²) >= 11 is 0. The van der Waals surface area contributed by atoms with Gasteiger partial charge in [0, 0.05) is 31.7 Å². The zero-order valence-electron chi connectivity index (χ0n) is 15.2. The quantitative estimate of drug-likeness (QED) is 0.639. The maximum Gasteiger partial charge on any atom is 0.191 e. The zero-order chi connectivity index (χ0) is 17.7. The lowest BCUT2D eigenvalue weighted by Crippen LogP contribution is -2.65. The van der Waals surface area contributed by atoms with Gasteiger partial charge < -0.3 is 15.4 Å². The molecule has 25 heavy (non-hydrogen) atoms. The number of aliphatic imine (C=N–C) groups is 1. The van der Waals surface area contributed by atoms with E-state index >= 15 is 0 Å². The van der Waals surface area contributed by atoms with Crippen molar-refractivity contribution in [3.05, 3.63) is 35.4 Å². The number of rotatable bonds is 5. The molecule has 1 aromatic carbocycles. The van der Waals surface area contributed by atoms with Gasteiger partial charge in [-0.15, -0.1) is 0 Å². The highest BCUT2D eigenvalue weighted by Gasteiger charge is 2.56. The summed E-state index contributed by atoms with van der Waals surface area (Å²) in [5, 5.41) is 16.0. The molecule has 2 aliphatic rings. The van der Waals surface area contributed by atoms with Crippen LogP contribution in [0.2, 0.25) is 0 Å². The molecule has 2 N–H and O–H groups in total. The Hall–Kier alpha value is -2.06. The largest absolute Gasteiger partial charge is 0.378 e. The highest BCUT2D eigenvalue weighted by molar-refractivity contribution is 5.80. The van der Waals surface area contributed by atoms with Crippen LogP contribution in [0.4, 0.5) is 0 Å². The maximum absolute atomic E-state index is 9.01. The third-order valence-electron chi connectivity index (χ3n) is 5.74. The Kier molecular flexibility index (Phi) is 5.60. The number of hydrogen-bond acceptors (Lipinski definition) is 3. The first-order valence-electron chi connectivity index (χ1n) is 9.29. The van der Waals surface area contributed by atoms with E-state index in [1.807, 2.05) is 24.3 Å². The van der Waals surface area contributed by atoms with Gasteiger partial charge >= 0.3 is 0 Å². The van der Waals surface area contributed by atoms with E-state index in [0.29, 0.717) is 24.3 Å². The lowest BCUT2D eigenvalue weighted by Gasteiger charge is -2.54. The van der Waals surface area contributed by atoms with E-state index in [0.717, 1.165) is 24.6 Å². The predicted molar refractivity (Wildman–Crippen MR) is 99.2 cm³/mol. The van der Waals surface area contributed by atoms with Crippen LogP contribution in [-0.2, 0) is 11.3 Å². The standard InChI is InChI=1S/C20H28N4O/c1-3-25-18-12-17(20(18)9-4-5-10-20)24-19(22-2)23-14-16-8-6-7-15(11-16)13-21/h6-8,11,17-18H,3-5,9-10,12,14H2,1-2H3,(H2,22,23,24). The van der Waals surface area contributed by atoms with E-state index in [-0.39, 0.29) is 5.41 Å². The van der Waals surface area contributed by atoms with Gasteiger partial charge in [0.25, 0.3) is 0 Å². The van der Waals surface area contributed by atoms with E-state index in [1.54, 1.807) is 7.05 Å². The van der Waals surface area contributed by atoms with Gasteiger partial charge in [-0.3, -0.25) is 4.99 Å². The van der Waals surface area contributed by atoms with Crippen molar-refractivity contribution in [3.63, 3.8) is 0 Å². The van der Waals surface area contributed by atoms with Crippen LogP contribution in [0.5, 0.6) is 0 Å². The third kappa shape index (κ3) is 3.64. The van der Waals surface area contributed by atoms with Gasteiger partial charge in [-0.05, 0) is 43.9 Å². The number of ether oxygens (including phenoxy) is 1. The van der Waals surface area contributed by atoms with E-state index < -0.39 is 0 Å². The van der Waals surface area contributed by atoms with Crippen molar-refractivity contribution in [3.8, 4) is 6.07 Å². The molecule has 0 heterocycles. The SMILES string of the molecule is CCOC1CC(NC(=NC)NCc2cccc(C#N)c2)C12CCCC2. The van der Waals surface area contributed by atoms with Crippen LogP contribution in [0, 0.1) is 16.7 Å². The molecule has 0 saturated heterocycles. The molecule has 0 radical (unpaired) electrons. The molecule has 0 amide bonds. The predicted octanol–water partition coefficient (Wildman–Crippen LogP) is 2.96. The Morgan fingerprint density at radius 3 is 2.88 bits per heavy atom. The fourth-order valence-corrected chi connectivity index (χ4v) is 4.39. The lowest BCUT2D eigenvalue weighted by atomic mass is 9.60. The molecule has 2 atom stereocenters. The minimum atomic E-state index is 0.286. The summed E-state index contributed by atoms with van der Waals surface area (Å²) in [4.78, 5) is 4.38. The van der Waals surface area contributed by atoms with E-state index in [1.165, 1.54) is 25.7 Å². The Bertz CT molecular complexity index is 658. The fourth-order valence-electron chi connectivity index (χ4n) is 4.39. The van der Waals surface area contributed by atoms with Crippen LogP contribution < -0.4 is 10.6 Å². The summed E-state index contributed by atoms with van der Waals surface area (Å²) in [6.45, 7) is 3.53. The van der Waals surface area contributed by atoms with Gasteiger partial charge in [-0.2, -0.15) is 5.26 Å². The summed E-state index contributed by atoms with van der Waals surface area (Å²) in [6.07, 6.45) is 6.54. The second kappa shape index (κ2) is 7.88. The number of nitriles is 1. The minimum absolute atomic E-state index is 0.286. The molecule has 0 bridgehead atoms. The highest BCUT2D eigenvalue weighted by Crippen LogP contribution is 2.54. The Labute approximate surface area is 150 Å². The van der Waals surface area contributed by atoms with Gasteiger partial charge in [0.05, 0.1) is 17.7 Å².